The number of nitriles is 2. The highest BCUT2D eigenvalue weighted by molar-refractivity contribution is 6.33. The van der Waals surface area contributed by atoms with E-state index in [1.165, 1.54) is 0 Å². The van der Waals surface area contributed by atoms with Crippen LogP contribution in [0, 0.1) is 35.4 Å². The molecule has 0 radical (unpaired) electrons. The van der Waals surface area contributed by atoms with E-state index in [1.54, 1.807) is 18.3 Å². The average Bonchev–Trinajstić information content (AvgIpc) is 3.62. The zero-order valence-electron chi connectivity index (χ0n) is 24.0. The Morgan fingerprint density at radius 2 is 1.98 bits per heavy atom. The Labute approximate surface area is 251 Å². The number of H-pyrrole nitrogens is 1. The summed E-state index contributed by atoms with van der Waals surface area (Å²) in [4.78, 5) is 9.16. The molecule has 7 rings (SSSR count). The molecule has 0 bridgehead atoms. The first-order chi connectivity index (χ1) is 20.8. The first kappa shape index (κ1) is 27.5. The van der Waals surface area contributed by atoms with E-state index >= 15 is 4.39 Å². The van der Waals surface area contributed by atoms with E-state index in [-0.39, 0.29) is 28.7 Å². The summed E-state index contributed by atoms with van der Waals surface area (Å²) in [6, 6.07) is 8.25. The fraction of sp³-hybridized carbons (Fsp3) is 0.400. The second-order valence-corrected chi connectivity index (χ2v) is 12.1. The first-order valence-corrected chi connectivity index (χ1v) is 14.6. The van der Waals surface area contributed by atoms with Crippen LogP contribution in [-0.4, -0.2) is 80.9 Å². The van der Waals surface area contributed by atoms with Gasteiger partial charge < -0.3 is 15.1 Å². The van der Waals surface area contributed by atoms with E-state index in [0.717, 1.165) is 26.1 Å². The lowest BCUT2D eigenvalue weighted by molar-refractivity contribution is 0.246. The van der Waals surface area contributed by atoms with Crippen molar-refractivity contribution in [2.45, 2.75) is 44.3 Å². The molecule has 2 N–H and O–H groups in total. The Balaban J connectivity index is 1.51. The predicted molar refractivity (Wildman–Crippen MR) is 162 cm³/mol. The number of anilines is 1. The number of benzene rings is 2. The first-order valence-electron chi connectivity index (χ1n) is 14.3. The standard InChI is InChI=1S/C30H29ClFN11/c1-15-22(31)10-23-21(12-36-38-23)24(15)25-16(11-34)8-20-27(26(25)32)37-30(42-13-19(14-42)41(2)3)28-29(20)43(40-39-28)18-5-7-35-17(9-18)4-6-33/h8,10,12,17-19,35H,4-5,7,9,13-14H2,1-3H3,(H,36,38)/t17-,18+/m1/s1. The largest absolute Gasteiger partial charge is 0.351 e. The molecule has 43 heavy (non-hydrogen) atoms. The van der Waals surface area contributed by atoms with Crippen molar-refractivity contribution in [1.29, 1.82) is 10.5 Å². The third-order valence-corrected chi connectivity index (χ3v) is 9.37. The van der Waals surface area contributed by atoms with Crippen LogP contribution in [-0.2, 0) is 0 Å². The van der Waals surface area contributed by atoms with Gasteiger partial charge in [0.2, 0.25) is 0 Å². The van der Waals surface area contributed by atoms with Crippen molar-refractivity contribution >= 4 is 50.3 Å². The normalized spacial score (nSPS) is 19.3. The number of hydrogen-bond donors (Lipinski definition) is 2. The highest BCUT2D eigenvalue weighted by Gasteiger charge is 2.35. The van der Waals surface area contributed by atoms with Gasteiger partial charge in [-0.25, -0.2) is 14.1 Å². The molecule has 218 valence electrons. The Morgan fingerprint density at radius 3 is 2.72 bits per heavy atom. The zero-order valence-corrected chi connectivity index (χ0v) is 24.7. The minimum atomic E-state index is -0.602. The molecule has 0 unspecified atom stereocenters. The molecule has 0 amide bonds. The van der Waals surface area contributed by atoms with E-state index in [9.17, 15) is 10.5 Å². The van der Waals surface area contributed by atoms with Gasteiger partial charge in [-0.3, -0.25) is 5.10 Å². The molecular formula is C30H29ClFN11. The van der Waals surface area contributed by atoms with Crippen LogP contribution in [0.5, 0.6) is 0 Å². The lowest BCUT2D eigenvalue weighted by Crippen LogP contribution is -2.57. The van der Waals surface area contributed by atoms with Crippen molar-refractivity contribution in [2.24, 2.45) is 0 Å². The molecule has 2 saturated heterocycles. The summed E-state index contributed by atoms with van der Waals surface area (Å²) in [6.07, 6.45) is 3.46. The van der Waals surface area contributed by atoms with Crippen molar-refractivity contribution in [3.8, 4) is 23.3 Å². The lowest BCUT2D eigenvalue weighted by Gasteiger charge is -2.43. The number of piperidine rings is 1. The quantitative estimate of drug-likeness (QED) is 0.301. The zero-order chi connectivity index (χ0) is 30.0. The number of nitrogens with zero attached hydrogens (tertiary/aromatic N) is 9. The van der Waals surface area contributed by atoms with Gasteiger partial charge in [0.1, 0.15) is 11.0 Å². The van der Waals surface area contributed by atoms with Crippen LogP contribution in [0.15, 0.2) is 18.3 Å². The maximum Gasteiger partial charge on any atom is 0.159 e. The summed E-state index contributed by atoms with van der Waals surface area (Å²) in [5.74, 6) is -0.0321. The third kappa shape index (κ3) is 4.28. The summed E-state index contributed by atoms with van der Waals surface area (Å²) in [5.41, 5.74) is 3.47. The molecular weight excluding hydrogens is 569 g/mol. The third-order valence-electron chi connectivity index (χ3n) is 8.98. The van der Waals surface area contributed by atoms with Crippen molar-refractivity contribution in [1.82, 2.24) is 40.4 Å². The summed E-state index contributed by atoms with van der Waals surface area (Å²) in [7, 11) is 4.07. The van der Waals surface area contributed by atoms with Crippen molar-refractivity contribution in [3.63, 3.8) is 0 Å². The molecule has 0 aliphatic carbocycles. The van der Waals surface area contributed by atoms with Gasteiger partial charge >= 0.3 is 0 Å². The molecule has 13 heteroatoms. The van der Waals surface area contributed by atoms with Crippen molar-refractivity contribution < 1.29 is 4.39 Å². The molecule has 2 aliphatic heterocycles. The van der Waals surface area contributed by atoms with Crippen LogP contribution in [0.4, 0.5) is 10.2 Å². The van der Waals surface area contributed by atoms with Crippen LogP contribution in [0.3, 0.4) is 0 Å². The van der Waals surface area contributed by atoms with E-state index in [2.05, 4.69) is 47.8 Å². The second-order valence-electron chi connectivity index (χ2n) is 11.7. The fourth-order valence-corrected chi connectivity index (χ4v) is 6.71. The molecule has 0 saturated carbocycles. The molecule has 5 aromatic rings. The number of aromatic amines is 1. The fourth-order valence-electron chi connectivity index (χ4n) is 6.50. The van der Waals surface area contributed by atoms with E-state index in [0.29, 0.717) is 68.2 Å². The van der Waals surface area contributed by atoms with Gasteiger partial charge in [-0.2, -0.15) is 15.6 Å². The second kappa shape index (κ2) is 10.4. The lowest BCUT2D eigenvalue weighted by atomic mass is 9.91. The maximum atomic E-state index is 17.1. The van der Waals surface area contributed by atoms with E-state index < -0.39 is 5.82 Å². The summed E-state index contributed by atoms with van der Waals surface area (Å²) < 4.78 is 18.9. The van der Waals surface area contributed by atoms with E-state index in [1.807, 2.05) is 25.7 Å². The van der Waals surface area contributed by atoms with Crippen LogP contribution in [0.2, 0.25) is 5.02 Å². The molecule has 0 spiro atoms. The number of aromatic nitrogens is 6. The Bertz CT molecular complexity index is 1990. The van der Waals surface area contributed by atoms with Gasteiger partial charge in [-0.05, 0) is 58.1 Å². The molecule has 11 nitrogen and oxygen atoms in total. The minimum Gasteiger partial charge on any atom is -0.351 e. The predicted octanol–water partition coefficient (Wildman–Crippen LogP) is 4.45. The summed E-state index contributed by atoms with van der Waals surface area (Å²) in [6.45, 7) is 3.98. The van der Waals surface area contributed by atoms with Crippen molar-refractivity contribution in [2.75, 3.05) is 38.6 Å². The number of nitrogens with one attached hydrogen (secondary N) is 2. The topological polar surface area (TPSA) is 138 Å². The SMILES string of the molecule is Cc1c(Cl)cc2[nH]ncc2c1-c1c(C#N)cc2c(nc(N3CC(N(C)C)C3)c3nnn([C@H]4CCN[C@H](CC#N)C4)c32)c1F. The van der Waals surface area contributed by atoms with Gasteiger partial charge in [-0.15, -0.1) is 5.10 Å². The number of hydrogen-bond acceptors (Lipinski definition) is 9. The minimum absolute atomic E-state index is 0.0213. The smallest absolute Gasteiger partial charge is 0.159 e. The average molecular weight is 598 g/mol. The monoisotopic (exact) mass is 597 g/mol. The Kier molecular flexibility index (Phi) is 6.66. The van der Waals surface area contributed by atoms with Crippen molar-refractivity contribution in [3.05, 3.63) is 40.3 Å². The number of likely N-dealkylation sites (N-methyl/N-ethyl adjacent to an activating group) is 1. The number of halogens is 2. The number of rotatable bonds is 5. The number of fused-ring (bicyclic) bond motifs is 4. The molecule has 5 heterocycles. The highest BCUT2D eigenvalue weighted by Crippen LogP contribution is 2.43. The molecule has 2 aromatic carbocycles. The molecule has 2 fully saturated rings. The van der Waals surface area contributed by atoms with Gasteiger partial charge in [0.25, 0.3) is 0 Å². The Morgan fingerprint density at radius 1 is 1.16 bits per heavy atom. The van der Waals surface area contributed by atoms with Crippen LogP contribution < -0.4 is 10.2 Å². The molecule has 2 atom stereocenters. The van der Waals surface area contributed by atoms with Gasteiger partial charge in [0, 0.05) is 52.1 Å². The molecule has 2 aliphatic rings. The highest BCUT2D eigenvalue weighted by atomic mass is 35.5. The van der Waals surface area contributed by atoms with Gasteiger partial charge in [0.05, 0.1) is 41.9 Å². The summed E-state index contributed by atoms with van der Waals surface area (Å²) >= 11 is 6.58. The molecule has 3 aromatic heterocycles. The van der Waals surface area contributed by atoms with Gasteiger partial charge in [0.15, 0.2) is 17.2 Å². The number of pyridine rings is 1. The van der Waals surface area contributed by atoms with E-state index in [4.69, 9.17) is 16.6 Å². The summed E-state index contributed by atoms with van der Waals surface area (Å²) in [5, 5.41) is 40.9. The van der Waals surface area contributed by atoms with Gasteiger partial charge in [-0.1, -0.05) is 16.8 Å². The Hall–Kier alpha value is -4.36. The van der Waals surface area contributed by atoms with Crippen LogP contribution in [0.25, 0.3) is 44.0 Å². The van der Waals surface area contributed by atoms with Crippen LogP contribution >= 0.6 is 11.6 Å². The maximum absolute atomic E-state index is 17.1. The van der Waals surface area contributed by atoms with Crippen LogP contribution in [0.1, 0.15) is 36.4 Å².